The lowest BCUT2D eigenvalue weighted by Gasteiger charge is -2.06. The molecule has 0 spiro atoms. The zero-order valence-electron chi connectivity index (χ0n) is 11.4. The molecular weight excluding hydrogens is 333 g/mol. The Morgan fingerprint density at radius 1 is 1.52 bits per heavy atom. The fourth-order valence-corrected chi connectivity index (χ4v) is 3.93. The maximum atomic E-state index is 11.2. The van der Waals surface area contributed by atoms with E-state index in [4.69, 9.17) is 17.7 Å². The molecule has 1 N–H and O–H groups in total. The van der Waals surface area contributed by atoms with Gasteiger partial charge in [-0.15, -0.1) is 0 Å². The summed E-state index contributed by atoms with van der Waals surface area (Å²) in [7, 11) is -5.63. The summed E-state index contributed by atoms with van der Waals surface area (Å²) in [6.45, 7) is 6.14. The summed E-state index contributed by atoms with van der Waals surface area (Å²) in [4.78, 5) is 11.2. The summed E-state index contributed by atoms with van der Waals surface area (Å²) in [6.07, 6.45) is 4.43. The van der Waals surface area contributed by atoms with Crippen molar-refractivity contribution in [1.82, 2.24) is 0 Å². The van der Waals surface area contributed by atoms with Crippen LogP contribution < -0.4 is 0 Å². The van der Waals surface area contributed by atoms with Gasteiger partial charge in [-0.3, -0.25) is 4.55 Å². The lowest BCUT2D eigenvalue weighted by atomic mass is 10.2. The van der Waals surface area contributed by atoms with Crippen LogP contribution >= 0.6 is 0 Å². The Morgan fingerprint density at radius 2 is 2.05 bits per heavy atom. The van der Waals surface area contributed by atoms with Crippen LogP contribution in [0.4, 0.5) is 13.2 Å². The van der Waals surface area contributed by atoms with Gasteiger partial charge in [0, 0.05) is 17.3 Å². The molecule has 2 unspecified atom stereocenters. The number of carbonyl (C=O) groups is 1. The molecule has 0 radical (unpaired) electrons. The first kappa shape index (κ1) is 20.3. The molecular formula is C11H18F3O5S2+. The quantitative estimate of drug-likeness (QED) is 0.275. The van der Waals surface area contributed by atoms with E-state index in [1.54, 1.807) is 0 Å². The molecule has 1 saturated heterocycles. The highest BCUT2D eigenvalue weighted by Gasteiger charge is 2.44. The molecule has 0 aromatic rings. The van der Waals surface area contributed by atoms with Gasteiger partial charge in [0.2, 0.25) is 5.75 Å². The molecule has 1 heterocycles. The maximum Gasteiger partial charge on any atom is 0.522 e. The predicted octanol–water partition coefficient (Wildman–Crippen LogP) is 1.91. The molecule has 0 aromatic carbocycles. The van der Waals surface area contributed by atoms with Gasteiger partial charge in [-0.05, 0) is 19.4 Å². The van der Waals surface area contributed by atoms with Gasteiger partial charge >= 0.3 is 21.6 Å². The van der Waals surface area contributed by atoms with Crippen molar-refractivity contribution >= 4 is 27.0 Å². The summed E-state index contributed by atoms with van der Waals surface area (Å²) in [5.41, 5.74) is -5.53. The minimum absolute atomic E-state index is 0.0421. The Labute approximate surface area is 124 Å². The number of carbonyl (C=O) groups excluding carboxylic acids is 1. The highest BCUT2D eigenvalue weighted by molar-refractivity contribution is 7.98. The normalized spacial score (nSPS) is 22.1. The molecule has 124 valence electrons. The number of halogens is 3. The largest absolute Gasteiger partial charge is 0.522 e. The van der Waals surface area contributed by atoms with E-state index in [9.17, 15) is 18.0 Å². The Balaban J connectivity index is 0.000000433. The third kappa shape index (κ3) is 7.72. The van der Waals surface area contributed by atoms with E-state index in [0.717, 1.165) is 0 Å². The van der Waals surface area contributed by atoms with Gasteiger partial charge in [-0.25, -0.2) is 4.79 Å². The molecule has 5 nitrogen and oxygen atoms in total. The fraction of sp³-hybridized carbons (Fsp3) is 0.727. The lowest BCUT2D eigenvalue weighted by Crippen LogP contribution is -2.25. The van der Waals surface area contributed by atoms with Gasteiger partial charge in [0.15, 0.2) is 0 Å². The highest BCUT2D eigenvalue weighted by Crippen LogP contribution is 2.23. The van der Waals surface area contributed by atoms with E-state index in [-0.39, 0.29) is 16.9 Å². The number of ether oxygens (including phenoxy) is 1. The van der Waals surface area contributed by atoms with Crippen LogP contribution in [0.1, 0.15) is 19.8 Å². The summed E-state index contributed by atoms with van der Waals surface area (Å²) in [5, 5.41) is 0.560. The van der Waals surface area contributed by atoms with Crippen LogP contribution in [0, 0.1) is 0 Å². The second kappa shape index (κ2) is 8.64. The van der Waals surface area contributed by atoms with Crippen molar-refractivity contribution in [3.05, 3.63) is 12.7 Å². The van der Waals surface area contributed by atoms with Gasteiger partial charge < -0.3 is 4.74 Å². The third-order valence-electron chi connectivity index (χ3n) is 2.49. The minimum Gasteiger partial charge on any atom is -0.463 e. The van der Waals surface area contributed by atoms with Crippen LogP contribution in [0.15, 0.2) is 12.7 Å². The van der Waals surface area contributed by atoms with E-state index in [0.29, 0.717) is 17.6 Å². The van der Waals surface area contributed by atoms with Crippen molar-refractivity contribution in [3.63, 3.8) is 0 Å². The molecule has 10 heteroatoms. The molecule has 0 amide bonds. The van der Waals surface area contributed by atoms with Crippen LogP contribution in [0.5, 0.6) is 0 Å². The number of esters is 1. The molecule has 1 rings (SSSR count). The monoisotopic (exact) mass is 351 g/mol. The molecule has 2 atom stereocenters. The number of hydrogen-bond donors (Lipinski definition) is 1. The first-order chi connectivity index (χ1) is 9.52. The van der Waals surface area contributed by atoms with Crippen LogP contribution in [0.25, 0.3) is 0 Å². The lowest BCUT2D eigenvalue weighted by molar-refractivity contribution is -0.139. The zero-order valence-corrected chi connectivity index (χ0v) is 13.1. The first-order valence-corrected chi connectivity index (χ1v) is 9.07. The molecule has 0 aliphatic carbocycles. The maximum absolute atomic E-state index is 11.2. The van der Waals surface area contributed by atoms with E-state index in [2.05, 4.69) is 6.58 Å². The van der Waals surface area contributed by atoms with Crippen molar-refractivity contribution in [2.45, 2.75) is 30.5 Å². The van der Waals surface area contributed by atoms with Crippen LogP contribution in [0.2, 0.25) is 0 Å². The summed E-state index contributed by atoms with van der Waals surface area (Å²) >= 11 is 0. The SMILES string of the molecule is C=CC1CCC[S+]1CC(=O)OCC.O=S(=O)(O)C(F)(F)F. The number of rotatable bonds is 4. The Bertz CT molecular complexity index is 447. The Morgan fingerprint density at radius 3 is 2.43 bits per heavy atom. The fourth-order valence-electron chi connectivity index (χ4n) is 1.58. The second-order valence-corrected chi connectivity index (χ2v) is 7.82. The average molecular weight is 351 g/mol. The first-order valence-electron chi connectivity index (χ1n) is 6.01. The molecule has 0 aromatic heterocycles. The van der Waals surface area contributed by atoms with Crippen LogP contribution in [-0.2, 0) is 30.5 Å². The Hall–Kier alpha value is -0.740. The minimum atomic E-state index is -5.84. The van der Waals surface area contributed by atoms with Crippen molar-refractivity contribution < 1.29 is 35.7 Å². The Kier molecular flexibility index (Phi) is 8.34. The molecule has 1 aliphatic rings. The topological polar surface area (TPSA) is 80.7 Å². The van der Waals surface area contributed by atoms with Crippen molar-refractivity contribution in [2.75, 3.05) is 18.1 Å². The second-order valence-electron chi connectivity index (χ2n) is 4.03. The average Bonchev–Trinajstić information content (AvgIpc) is 2.74. The van der Waals surface area contributed by atoms with E-state index in [1.165, 1.54) is 18.6 Å². The molecule has 1 aliphatic heterocycles. The highest BCUT2D eigenvalue weighted by atomic mass is 32.2. The van der Waals surface area contributed by atoms with E-state index in [1.807, 2.05) is 13.0 Å². The summed E-state index contributed by atoms with van der Waals surface area (Å²) in [5.74, 6) is 1.74. The number of hydrogen-bond acceptors (Lipinski definition) is 4. The molecule has 0 saturated carbocycles. The third-order valence-corrected chi connectivity index (χ3v) is 5.78. The predicted molar refractivity (Wildman–Crippen MR) is 74.6 cm³/mol. The smallest absolute Gasteiger partial charge is 0.463 e. The van der Waals surface area contributed by atoms with Crippen molar-refractivity contribution in [1.29, 1.82) is 0 Å². The van der Waals surface area contributed by atoms with Crippen LogP contribution in [-0.4, -0.2) is 47.8 Å². The summed E-state index contributed by atoms with van der Waals surface area (Å²) < 4.78 is 62.5. The zero-order chi connectivity index (χ0) is 16.7. The van der Waals surface area contributed by atoms with Crippen molar-refractivity contribution in [3.8, 4) is 0 Å². The molecule has 0 bridgehead atoms. The molecule has 1 fully saturated rings. The van der Waals surface area contributed by atoms with Gasteiger partial charge in [0.05, 0.1) is 6.61 Å². The van der Waals surface area contributed by atoms with Gasteiger partial charge in [0.1, 0.15) is 11.0 Å². The van der Waals surface area contributed by atoms with Crippen LogP contribution in [0.3, 0.4) is 0 Å². The van der Waals surface area contributed by atoms with Crippen molar-refractivity contribution in [2.24, 2.45) is 0 Å². The summed E-state index contributed by atoms with van der Waals surface area (Å²) in [6, 6.07) is 0. The van der Waals surface area contributed by atoms with Gasteiger partial charge in [0.25, 0.3) is 0 Å². The van der Waals surface area contributed by atoms with E-state index >= 15 is 0 Å². The van der Waals surface area contributed by atoms with Gasteiger partial charge in [-0.1, -0.05) is 6.58 Å². The van der Waals surface area contributed by atoms with E-state index < -0.39 is 15.6 Å². The standard InChI is InChI=1S/C10H17O2S.CHF3O3S/c1-3-9-6-5-7-13(9)8-10(11)12-4-2;2-1(3,4)8(5,6)7/h3,9H,1,4-8H2,2H3;(H,5,6,7)/q+1;. The number of alkyl halides is 3. The molecule has 21 heavy (non-hydrogen) atoms. The van der Waals surface area contributed by atoms with Gasteiger partial charge in [-0.2, -0.15) is 21.6 Å².